The lowest BCUT2D eigenvalue weighted by Gasteiger charge is -2.12. The first-order valence-corrected chi connectivity index (χ1v) is 4.74. The van der Waals surface area contributed by atoms with Gasteiger partial charge in [0.1, 0.15) is 0 Å². The molecule has 0 unspecified atom stereocenters. The van der Waals surface area contributed by atoms with Crippen molar-refractivity contribution in [2.75, 3.05) is 18.4 Å². The highest BCUT2D eigenvalue weighted by Gasteiger charge is 2.26. The molecule has 0 aliphatic heterocycles. The fourth-order valence-corrected chi connectivity index (χ4v) is 1.19. The van der Waals surface area contributed by atoms with Gasteiger partial charge in [0, 0.05) is 6.20 Å². The second-order valence-electron chi connectivity index (χ2n) is 3.35. The molecule has 0 saturated heterocycles. The summed E-state index contributed by atoms with van der Waals surface area (Å²) in [6.45, 7) is -1.27. The van der Waals surface area contributed by atoms with E-state index in [1.54, 1.807) is 24.4 Å². The predicted molar refractivity (Wildman–Crippen MR) is 55.5 cm³/mol. The number of hydrogen-bond acceptors (Lipinski definition) is 4. The average molecular weight is 227 g/mol. The van der Waals surface area contributed by atoms with Crippen LogP contribution in [0.15, 0.2) is 24.4 Å². The van der Waals surface area contributed by atoms with Gasteiger partial charge in [0.25, 0.3) is 5.92 Å². The summed E-state index contributed by atoms with van der Waals surface area (Å²) < 4.78 is 27.2. The molecule has 0 fully saturated rings. The van der Waals surface area contributed by atoms with Crippen LogP contribution in [0.1, 0.15) is 0 Å². The monoisotopic (exact) mass is 227 g/mol. The van der Waals surface area contributed by atoms with Gasteiger partial charge in [0.05, 0.1) is 13.1 Å². The van der Waals surface area contributed by atoms with Gasteiger partial charge in [-0.15, -0.1) is 5.10 Å². The van der Waals surface area contributed by atoms with Crippen LogP contribution in [0.5, 0.6) is 0 Å². The van der Waals surface area contributed by atoms with Gasteiger partial charge >= 0.3 is 0 Å². The zero-order valence-corrected chi connectivity index (χ0v) is 8.40. The summed E-state index contributed by atoms with van der Waals surface area (Å²) in [5, 5.41) is 6.42. The van der Waals surface area contributed by atoms with E-state index in [2.05, 4.69) is 15.4 Å². The minimum atomic E-state index is -2.95. The molecule has 2 aromatic rings. The molecule has 0 radical (unpaired) electrons. The van der Waals surface area contributed by atoms with Gasteiger partial charge in [-0.2, -0.15) is 4.98 Å². The van der Waals surface area contributed by atoms with Gasteiger partial charge in [-0.1, -0.05) is 6.07 Å². The first-order valence-electron chi connectivity index (χ1n) is 4.74. The third kappa shape index (κ3) is 2.25. The number of hydrogen-bond donors (Lipinski definition) is 2. The Morgan fingerprint density at radius 2 is 2.25 bits per heavy atom. The molecule has 16 heavy (non-hydrogen) atoms. The first-order chi connectivity index (χ1) is 7.61. The van der Waals surface area contributed by atoms with Crippen molar-refractivity contribution < 1.29 is 8.78 Å². The number of alkyl halides is 2. The lowest BCUT2D eigenvalue weighted by molar-refractivity contribution is 0.0252. The molecular weight excluding hydrogens is 216 g/mol. The number of nitrogens with two attached hydrogens (primary N) is 1. The van der Waals surface area contributed by atoms with Crippen molar-refractivity contribution in [1.29, 1.82) is 0 Å². The lowest BCUT2D eigenvalue weighted by Crippen LogP contribution is -2.35. The van der Waals surface area contributed by atoms with E-state index in [0.29, 0.717) is 5.65 Å². The van der Waals surface area contributed by atoms with Crippen molar-refractivity contribution in [3.8, 4) is 0 Å². The Balaban J connectivity index is 2.10. The van der Waals surface area contributed by atoms with Crippen LogP contribution in [0.2, 0.25) is 0 Å². The van der Waals surface area contributed by atoms with Crippen LogP contribution < -0.4 is 11.1 Å². The van der Waals surface area contributed by atoms with Crippen molar-refractivity contribution >= 4 is 11.6 Å². The Morgan fingerprint density at radius 3 is 2.94 bits per heavy atom. The molecule has 0 saturated carbocycles. The average Bonchev–Trinajstić information content (AvgIpc) is 2.69. The Labute approximate surface area is 90.3 Å². The molecule has 2 heterocycles. The Hall–Kier alpha value is -1.76. The molecular formula is C9H11F2N5. The van der Waals surface area contributed by atoms with E-state index in [0.717, 1.165) is 0 Å². The molecule has 0 atom stereocenters. The van der Waals surface area contributed by atoms with E-state index < -0.39 is 19.0 Å². The number of nitrogens with zero attached hydrogens (tertiary/aromatic N) is 3. The van der Waals surface area contributed by atoms with E-state index in [9.17, 15) is 8.78 Å². The summed E-state index contributed by atoms with van der Waals surface area (Å²) in [4.78, 5) is 4.02. The maximum atomic E-state index is 12.8. The van der Waals surface area contributed by atoms with E-state index in [-0.39, 0.29) is 5.95 Å². The van der Waals surface area contributed by atoms with E-state index >= 15 is 0 Å². The number of rotatable bonds is 4. The topological polar surface area (TPSA) is 68.2 Å². The molecule has 5 nitrogen and oxygen atoms in total. The standard InChI is InChI=1S/C9H11F2N5/c10-9(11,5-12)6-13-8-14-7-3-1-2-4-16(7)15-8/h1-4H,5-6,12H2,(H,13,15). The summed E-state index contributed by atoms with van der Waals surface area (Å²) in [5.74, 6) is -2.78. The first kappa shape index (κ1) is 10.7. The van der Waals surface area contributed by atoms with Crippen LogP contribution >= 0.6 is 0 Å². The maximum Gasteiger partial charge on any atom is 0.277 e. The second kappa shape index (κ2) is 4.01. The highest BCUT2D eigenvalue weighted by Crippen LogP contribution is 2.12. The number of fused-ring (bicyclic) bond motifs is 1. The van der Waals surface area contributed by atoms with Crippen LogP contribution in [-0.2, 0) is 0 Å². The fourth-order valence-electron chi connectivity index (χ4n) is 1.19. The molecule has 3 N–H and O–H groups in total. The van der Waals surface area contributed by atoms with Crippen LogP contribution in [-0.4, -0.2) is 33.6 Å². The molecule has 0 spiro atoms. The molecule has 0 aliphatic carbocycles. The van der Waals surface area contributed by atoms with Gasteiger partial charge in [-0.3, -0.25) is 0 Å². The second-order valence-corrected chi connectivity index (χ2v) is 3.35. The maximum absolute atomic E-state index is 12.8. The summed E-state index contributed by atoms with van der Waals surface area (Å²) in [6, 6.07) is 5.31. The third-order valence-corrected chi connectivity index (χ3v) is 2.05. The minimum Gasteiger partial charge on any atom is -0.347 e. The summed E-state index contributed by atoms with van der Waals surface area (Å²) in [5.41, 5.74) is 5.51. The van der Waals surface area contributed by atoms with Crippen molar-refractivity contribution in [3.63, 3.8) is 0 Å². The van der Waals surface area contributed by atoms with Crippen LogP contribution in [0.25, 0.3) is 5.65 Å². The van der Waals surface area contributed by atoms with Crippen LogP contribution in [0, 0.1) is 0 Å². The Kier molecular flexibility index (Phi) is 2.69. The molecule has 0 amide bonds. The van der Waals surface area contributed by atoms with Gasteiger partial charge in [0.15, 0.2) is 5.65 Å². The van der Waals surface area contributed by atoms with Crippen LogP contribution in [0.3, 0.4) is 0 Å². The Morgan fingerprint density at radius 1 is 1.44 bits per heavy atom. The summed E-state index contributed by atoms with van der Waals surface area (Å²) in [6.07, 6.45) is 1.69. The number of pyridine rings is 1. The van der Waals surface area contributed by atoms with E-state index in [4.69, 9.17) is 5.73 Å². The van der Waals surface area contributed by atoms with Crippen molar-refractivity contribution in [3.05, 3.63) is 24.4 Å². The number of aromatic nitrogens is 3. The smallest absolute Gasteiger partial charge is 0.277 e. The zero-order chi connectivity index (χ0) is 11.6. The molecule has 2 rings (SSSR count). The molecule has 2 aromatic heterocycles. The number of nitrogens with one attached hydrogen (secondary N) is 1. The van der Waals surface area contributed by atoms with Crippen LogP contribution in [0.4, 0.5) is 14.7 Å². The van der Waals surface area contributed by atoms with E-state index in [1.165, 1.54) is 4.52 Å². The van der Waals surface area contributed by atoms with Crippen molar-refractivity contribution in [1.82, 2.24) is 14.6 Å². The van der Waals surface area contributed by atoms with Gasteiger partial charge in [-0.25, -0.2) is 13.3 Å². The highest BCUT2D eigenvalue weighted by molar-refractivity contribution is 5.42. The third-order valence-electron chi connectivity index (χ3n) is 2.05. The zero-order valence-electron chi connectivity index (χ0n) is 8.40. The van der Waals surface area contributed by atoms with Crippen molar-refractivity contribution in [2.45, 2.75) is 5.92 Å². The van der Waals surface area contributed by atoms with E-state index in [1.807, 2.05) is 0 Å². The number of anilines is 1. The predicted octanol–water partition coefficient (Wildman–Crippen LogP) is 0.735. The van der Waals surface area contributed by atoms with Crippen molar-refractivity contribution in [2.24, 2.45) is 5.73 Å². The molecule has 0 bridgehead atoms. The van der Waals surface area contributed by atoms with Gasteiger partial charge < -0.3 is 11.1 Å². The SMILES string of the molecule is NCC(F)(F)CNc1nc2ccccn2n1. The number of halogens is 2. The lowest BCUT2D eigenvalue weighted by atomic mass is 10.3. The molecule has 7 heteroatoms. The molecule has 86 valence electrons. The normalized spacial score (nSPS) is 11.9. The molecule has 0 aliphatic rings. The minimum absolute atomic E-state index is 0.166. The molecule has 0 aromatic carbocycles. The fraction of sp³-hybridized carbons (Fsp3) is 0.333. The quantitative estimate of drug-likeness (QED) is 0.808. The van der Waals surface area contributed by atoms with Gasteiger partial charge in [0.2, 0.25) is 5.95 Å². The largest absolute Gasteiger partial charge is 0.347 e. The van der Waals surface area contributed by atoms with Gasteiger partial charge in [-0.05, 0) is 12.1 Å². The summed E-state index contributed by atoms with van der Waals surface area (Å²) in [7, 11) is 0. The summed E-state index contributed by atoms with van der Waals surface area (Å²) >= 11 is 0. The Bertz CT molecular complexity index is 448. The highest BCUT2D eigenvalue weighted by atomic mass is 19.3.